The summed E-state index contributed by atoms with van der Waals surface area (Å²) in [5.74, 6) is 0.269. The summed E-state index contributed by atoms with van der Waals surface area (Å²) in [5.41, 5.74) is 2.97. The second kappa shape index (κ2) is 7.06. The number of carbonyl (C=O) groups is 1. The van der Waals surface area contributed by atoms with Gasteiger partial charge in [0.05, 0.1) is 24.8 Å². The molecule has 0 unspecified atom stereocenters. The number of anilines is 1. The van der Waals surface area contributed by atoms with E-state index in [2.05, 4.69) is 15.3 Å². The normalized spacial score (nSPS) is 10.6. The molecule has 6 nitrogen and oxygen atoms in total. The lowest BCUT2D eigenvalue weighted by molar-refractivity contribution is 0.0601. The van der Waals surface area contributed by atoms with Crippen LogP contribution in [0.5, 0.6) is 0 Å². The van der Waals surface area contributed by atoms with E-state index in [4.69, 9.17) is 4.74 Å². The van der Waals surface area contributed by atoms with E-state index in [1.165, 1.54) is 13.4 Å². The summed E-state index contributed by atoms with van der Waals surface area (Å²) in [7, 11) is 1.35. The number of carbonyl (C=O) groups excluding carboxylic acids is 1. The Balaban J connectivity index is 1.88. The average Bonchev–Trinajstić information content (AvgIpc) is 2.65. The van der Waals surface area contributed by atoms with Crippen LogP contribution in [-0.2, 0) is 17.9 Å². The predicted octanol–water partition coefficient (Wildman–Crippen LogP) is 2.52. The van der Waals surface area contributed by atoms with Gasteiger partial charge in [0.2, 0.25) is 0 Å². The number of benzene rings is 2. The van der Waals surface area contributed by atoms with E-state index in [9.17, 15) is 9.90 Å². The fourth-order valence-electron chi connectivity index (χ4n) is 2.51. The molecule has 0 aliphatic carbocycles. The third kappa shape index (κ3) is 3.18. The number of fused-ring (bicyclic) bond motifs is 1. The zero-order valence-electron chi connectivity index (χ0n) is 13.2. The van der Waals surface area contributed by atoms with E-state index in [0.717, 1.165) is 16.5 Å². The van der Waals surface area contributed by atoms with Crippen molar-refractivity contribution < 1.29 is 14.6 Å². The van der Waals surface area contributed by atoms with Crippen LogP contribution in [-0.4, -0.2) is 28.2 Å². The Bertz CT molecular complexity index is 880. The minimum Gasteiger partial charge on any atom is -0.465 e. The van der Waals surface area contributed by atoms with Gasteiger partial charge in [-0.15, -0.1) is 0 Å². The first kappa shape index (κ1) is 15.9. The first-order valence-corrected chi connectivity index (χ1v) is 7.47. The molecular weight excluding hydrogens is 306 g/mol. The average molecular weight is 323 g/mol. The smallest absolute Gasteiger partial charge is 0.337 e. The topological polar surface area (TPSA) is 84.3 Å². The van der Waals surface area contributed by atoms with Crippen LogP contribution in [0.2, 0.25) is 0 Å². The van der Waals surface area contributed by atoms with Gasteiger partial charge >= 0.3 is 5.97 Å². The summed E-state index contributed by atoms with van der Waals surface area (Å²) in [4.78, 5) is 20.1. The summed E-state index contributed by atoms with van der Waals surface area (Å²) in [6.45, 7) is 0.520. The van der Waals surface area contributed by atoms with Crippen LogP contribution in [0, 0.1) is 0 Å². The maximum absolute atomic E-state index is 11.6. The summed E-state index contributed by atoms with van der Waals surface area (Å²) >= 11 is 0. The molecule has 0 atom stereocenters. The third-order valence-electron chi connectivity index (χ3n) is 3.79. The first-order valence-electron chi connectivity index (χ1n) is 7.47. The van der Waals surface area contributed by atoms with Gasteiger partial charge in [-0.25, -0.2) is 14.8 Å². The van der Waals surface area contributed by atoms with E-state index in [0.29, 0.717) is 23.4 Å². The number of esters is 1. The molecule has 0 amide bonds. The summed E-state index contributed by atoms with van der Waals surface area (Å²) in [6.07, 6.45) is 1.45. The Morgan fingerprint density at radius 1 is 1.17 bits per heavy atom. The van der Waals surface area contributed by atoms with E-state index in [1.54, 1.807) is 18.2 Å². The van der Waals surface area contributed by atoms with Gasteiger partial charge in [-0.1, -0.05) is 24.3 Å². The van der Waals surface area contributed by atoms with Gasteiger partial charge in [0.15, 0.2) is 0 Å². The fraction of sp³-hybridized carbons (Fsp3) is 0.167. The van der Waals surface area contributed by atoms with Crippen LogP contribution in [0.25, 0.3) is 10.9 Å². The van der Waals surface area contributed by atoms with Crippen LogP contribution < -0.4 is 5.32 Å². The molecule has 0 aliphatic heterocycles. The number of aliphatic hydroxyl groups is 1. The van der Waals surface area contributed by atoms with Gasteiger partial charge in [0.1, 0.15) is 12.1 Å². The van der Waals surface area contributed by atoms with Crippen molar-refractivity contribution in [2.45, 2.75) is 13.2 Å². The molecule has 0 radical (unpaired) electrons. The summed E-state index contributed by atoms with van der Waals surface area (Å²) in [5, 5.41) is 13.5. The van der Waals surface area contributed by atoms with Gasteiger partial charge < -0.3 is 15.2 Å². The molecular formula is C18H17N3O3. The van der Waals surface area contributed by atoms with Crippen molar-refractivity contribution in [1.29, 1.82) is 0 Å². The Labute approximate surface area is 139 Å². The van der Waals surface area contributed by atoms with Gasteiger partial charge in [0.25, 0.3) is 0 Å². The maximum atomic E-state index is 11.6. The summed E-state index contributed by atoms with van der Waals surface area (Å²) < 4.78 is 4.72. The van der Waals surface area contributed by atoms with Crippen LogP contribution in [0.4, 0.5) is 5.82 Å². The molecule has 1 aromatic heterocycles. The Morgan fingerprint density at radius 2 is 1.96 bits per heavy atom. The number of aliphatic hydroxyl groups excluding tert-OH is 1. The minimum atomic E-state index is -0.401. The lowest BCUT2D eigenvalue weighted by Crippen LogP contribution is -2.06. The SMILES string of the molecule is COC(=O)c1ccc2c(NCc3ccccc3CO)ncnc2c1. The molecule has 6 heteroatoms. The molecule has 3 aromatic rings. The second-order valence-corrected chi connectivity index (χ2v) is 5.23. The van der Waals surface area contributed by atoms with Crippen molar-refractivity contribution in [1.82, 2.24) is 9.97 Å². The Kier molecular flexibility index (Phi) is 4.67. The molecule has 1 heterocycles. The molecule has 122 valence electrons. The maximum Gasteiger partial charge on any atom is 0.337 e. The fourth-order valence-corrected chi connectivity index (χ4v) is 2.51. The van der Waals surface area contributed by atoms with Gasteiger partial charge in [-0.3, -0.25) is 0 Å². The van der Waals surface area contributed by atoms with E-state index in [-0.39, 0.29) is 6.61 Å². The third-order valence-corrected chi connectivity index (χ3v) is 3.79. The van der Waals surface area contributed by atoms with E-state index in [1.807, 2.05) is 24.3 Å². The van der Waals surface area contributed by atoms with Crippen molar-refractivity contribution >= 4 is 22.7 Å². The van der Waals surface area contributed by atoms with Crippen molar-refractivity contribution in [2.75, 3.05) is 12.4 Å². The van der Waals surface area contributed by atoms with Crippen LogP contribution >= 0.6 is 0 Å². The van der Waals surface area contributed by atoms with Crippen molar-refractivity contribution in [3.05, 3.63) is 65.5 Å². The quantitative estimate of drug-likeness (QED) is 0.702. The number of rotatable bonds is 5. The van der Waals surface area contributed by atoms with E-state index < -0.39 is 5.97 Å². The molecule has 3 rings (SSSR count). The number of nitrogens with one attached hydrogen (secondary N) is 1. The molecule has 2 aromatic carbocycles. The zero-order chi connectivity index (χ0) is 16.9. The number of aromatic nitrogens is 2. The Morgan fingerprint density at radius 3 is 2.71 bits per heavy atom. The Hall–Kier alpha value is -2.99. The monoisotopic (exact) mass is 323 g/mol. The van der Waals surface area contributed by atoms with Crippen molar-refractivity contribution in [3.63, 3.8) is 0 Å². The van der Waals surface area contributed by atoms with Crippen molar-refractivity contribution in [3.8, 4) is 0 Å². The molecule has 0 saturated carbocycles. The molecule has 0 bridgehead atoms. The van der Waals surface area contributed by atoms with Gasteiger partial charge in [0, 0.05) is 11.9 Å². The number of nitrogens with zero attached hydrogens (tertiary/aromatic N) is 2. The lowest BCUT2D eigenvalue weighted by Gasteiger charge is -2.11. The largest absolute Gasteiger partial charge is 0.465 e. The highest BCUT2D eigenvalue weighted by atomic mass is 16.5. The highest BCUT2D eigenvalue weighted by Gasteiger charge is 2.10. The molecule has 24 heavy (non-hydrogen) atoms. The minimum absolute atomic E-state index is 0.00906. The molecule has 0 saturated heterocycles. The summed E-state index contributed by atoms with van der Waals surface area (Å²) in [6, 6.07) is 12.8. The van der Waals surface area contributed by atoms with Crippen LogP contribution in [0.3, 0.4) is 0 Å². The highest BCUT2D eigenvalue weighted by molar-refractivity contribution is 5.97. The first-order chi connectivity index (χ1) is 11.7. The van der Waals surface area contributed by atoms with Gasteiger partial charge in [-0.05, 0) is 29.3 Å². The van der Waals surface area contributed by atoms with E-state index >= 15 is 0 Å². The van der Waals surface area contributed by atoms with Crippen molar-refractivity contribution in [2.24, 2.45) is 0 Å². The molecule has 0 aliphatic rings. The van der Waals surface area contributed by atoms with Crippen LogP contribution in [0.1, 0.15) is 21.5 Å². The molecule has 0 spiro atoms. The highest BCUT2D eigenvalue weighted by Crippen LogP contribution is 2.22. The molecule has 0 fully saturated rings. The lowest BCUT2D eigenvalue weighted by atomic mass is 10.1. The standard InChI is InChI=1S/C18H17N3O3/c1-24-18(23)12-6-7-15-16(8-12)20-11-21-17(15)19-9-13-4-2-3-5-14(13)10-22/h2-8,11,22H,9-10H2,1H3,(H,19,20,21). The second-order valence-electron chi connectivity index (χ2n) is 5.23. The predicted molar refractivity (Wildman–Crippen MR) is 90.6 cm³/mol. The number of methoxy groups -OCH3 is 1. The molecule has 2 N–H and O–H groups in total. The zero-order valence-corrected chi connectivity index (χ0v) is 13.2. The number of ether oxygens (including phenoxy) is 1. The van der Waals surface area contributed by atoms with Gasteiger partial charge in [-0.2, -0.15) is 0 Å². The number of hydrogen-bond donors (Lipinski definition) is 2. The van der Waals surface area contributed by atoms with Crippen LogP contribution in [0.15, 0.2) is 48.8 Å². The number of hydrogen-bond acceptors (Lipinski definition) is 6.